The first-order chi connectivity index (χ1) is 5.18. The minimum atomic E-state index is -0.532. The average Bonchev–Trinajstić information content (AvgIpc) is 1.90. The maximum atomic E-state index is 8.31. The number of rotatable bonds is 3. The summed E-state index contributed by atoms with van der Waals surface area (Å²) in [5.74, 6) is 0. The van der Waals surface area contributed by atoms with Gasteiger partial charge in [0.05, 0.1) is 24.9 Å². The van der Waals surface area contributed by atoms with E-state index in [1.54, 1.807) is 6.92 Å². The lowest BCUT2D eigenvalue weighted by atomic mass is 10.4. The van der Waals surface area contributed by atoms with E-state index >= 15 is 0 Å². The summed E-state index contributed by atoms with van der Waals surface area (Å²) in [7, 11) is 0. The summed E-state index contributed by atoms with van der Waals surface area (Å²) in [4.78, 5) is 0. The molecule has 0 saturated heterocycles. The Morgan fingerprint density at radius 2 is 1.82 bits per heavy atom. The van der Waals surface area contributed by atoms with Gasteiger partial charge in [0.15, 0.2) is 0 Å². The van der Waals surface area contributed by atoms with Crippen molar-refractivity contribution < 1.29 is 14.9 Å². The normalized spacial score (nSPS) is 11.1. The Morgan fingerprint density at radius 1 is 1.36 bits per heavy atom. The number of ether oxygens (including phenoxy) is 1. The van der Waals surface area contributed by atoms with E-state index in [2.05, 4.69) is 17.9 Å². The molecule has 0 aliphatic carbocycles. The van der Waals surface area contributed by atoms with Crippen molar-refractivity contribution in [3.05, 3.63) is 38.0 Å². The molecule has 0 aliphatic heterocycles. The minimum absolute atomic E-state index is 0.532. The molecule has 0 amide bonds. The largest absolute Gasteiger partial charge is 0.516 e. The molecule has 3 heteroatoms. The van der Waals surface area contributed by atoms with Crippen molar-refractivity contribution in [3.8, 4) is 0 Å². The van der Waals surface area contributed by atoms with Crippen LogP contribution in [-0.4, -0.2) is 16.3 Å². The molecule has 11 heavy (non-hydrogen) atoms. The van der Waals surface area contributed by atoms with Crippen molar-refractivity contribution in [2.75, 3.05) is 0 Å². The SMILES string of the molecule is C=COC=C.CC(O)/C=C/O. The van der Waals surface area contributed by atoms with E-state index in [0.29, 0.717) is 0 Å². The third-order valence-corrected chi connectivity index (χ3v) is 0.557. The first-order valence-corrected chi connectivity index (χ1v) is 3.05. The van der Waals surface area contributed by atoms with Crippen LogP contribution >= 0.6 is 0 Å². The molecule has 3 nitrogen and oxygen atoms in total. The highest BCUT2D eigenvalue weighted by molar-refractivity contribution is 4.77. The predicted molar refractivity (Wildman–Crippen MR) is 44.9 cm³/mol. The Labute approximate surface area is 66.9 Å². The van der Waals surface area contributed by atoms with E-state index in [9.17, 15) is 0 Å². The van der Waals surface area contributed by atoms with Crippen LogP contribution in [-0.2, 0) is 4.74 Å². The highest BCUT2D eigenvalue weighted by Crippen LogP contribution is 1.76. The van der Waals surface area contributed by atoms with Crippen LogP contribution in [0, 0.1) is 0 Å². The molecule has 1 atom stereocenters. The van der Waals surface area contributed by atoms with Crippen LogP contribution in [0.3, 0.4) is 0 Å². The lowest BCUT2D eigenvalue weighted by Crippen LogP contribution is -1.90. The first kappa shape index (κ1) is 12.5. The van der Waals surface area contributed by atoms with Gasteiger partial charge in [0, 0.05) is 0 Å². The Morgan fingerprint density at radius 3 is 1.82 bits per heavy atom. The lowest BCUT2D eigenvalue weighted by Gasteiger charge is -1.86. The zero-order valence-electron chi connectivity index (χ0n) is 6.60. The molecule has 0 aromatic carbocycles. The van der Waals surface area contributed by atoms with E-state index < -0.39 is 6.10 Å². The summed E-state index contributed by atoms with van der Waals surface area (Å²) in [6, 6.07) is 0. The van der Waals surface area contributed by atoms with Crippen LogP contribution in [0.25, 0.3) is 0 Å². The van der Waals surface area contributed by atoms with Crippen LogP contribution < -0.4 is 0 Å². The molecular weight excluding hydrogens is 144 g/mol. The molecule has 1 unspecified atom stereocenters. The van der Waals surface area contributed by atoms with Gasteiger partial charge in [0.1, 0.15) is 0 Å². The van der Waals surface area contributed by atoms with Crippen molar-refractivity contribution in [3.63, 3.8) is 0 Å². The van der Waals surface area contributed by atoms with Crippen molar-refractivity contribution in [2.24, 2.45) is 0 Å². The fourth-order valence-electron chi connectivity index (χ4n) is 0.193. The summed E-state index contributed by atoms with van der Waals surface area (Å²) in [6.45, 7) is 8.08. The van der Waals surface area contributed by atoms with Gasteiger partial charge in [-0.05, 0) is 13.0 Å². The number of hydrogen-bond donors (Lipinski definition) is 2. The van der Waals surface area contributed by atoms with Crippen LogP contribution in [0.15, 0.2) is 38.0 Å². The Hall–Kier alpha value is -1.22. The molecule has 0 rings (SSSR count). The number of aliphatic hydroxyl groups excluding tert-OH is 2. The third-order valence-electron chi connectivity index (χ3n) is 0.557. The second-order valence-electron chi connectivity index (χ2n) is 1.55. The van der Waals surface area contributed by atoms with Crippen molar-refractivity contribution in [1.29, 1.82) is 0 Å². The van der Waals surface area contributed by atoms with Crippen LogP contribution in [0.4, 0.5) is 0 Å². The molecule has 0 bridgehead atoms. The topological polar surface area (TPSA) is 49.7 Å². The minimum Gasteiger partial charge on any atom is -0.516 e. The van der Waals surface area contributed by atoms with E-state index in [-0.39, 0.29) is 0 Å². The van der Waals surface area contributed by atoms with E-state index in [1.165, 1.54) is 18.6 Å². The molecule has 0 radical (unpaired) electrons. The molecule has 0 aromatic heterocycles. The maximum Gasteiger partial charge on any atom is 0.0829 e. The van der Waals surface area contributed by atoms with Crippen molar-refractivity contribution in [2.45, 2.75) is 13.0 Å². The zero-order chi connectivity index (χ0) is 9.11. The molecule has 0 saturated carbocycles. The number of aliphatic hydroxyl groups is 2. The van der Waals surface area contributed by atoms with Crippen molar-refractivity contribution >= 4 is 0 Å². The van der Waals surface area contributed by atoms with Gasteiger partial charge in [0.25, 0.3) is 0 Å². The summed E-state index contributed by atoms with van der Waals surface area (Å²) < 4.78 is 4.36. The van der Waals surface area contributed by atoms with Gasteiger partial charge in [-0.3, -0.25) is 0 Å². The summed E-state index contributed by atoms with van der Waals surface area (Å²) in [5, 5.41) is 16.2. The highest BCUT2D eigenvalue weighted by Gasteiger charge is 1.79. The standard InChI is InChI=1S/C4H8O2.C4H6O/c1-4(6)2-3-5;1-3-5-4-2/h2-6H,1H3;3-4H,1-2H2/b3-2+;. The van der Waals surface area contributed by atoms with Crippen LogP contribution in [0.5, 0.6) is 0 Å². The summed E-state index contributed by atoms with van der Waals surface area (Å²) in [6.07, 6.45) is 4.19. The van der Waals surface area contributed by atoms with Crippen LogP contribution in [0.1, 0.15) is 6.92 Å². The Kier molecular flexibility index (Phi) is 13.1. The molecular formula is C8H14O3. The van der Waals surface area contributed by atoms with E-state index in [0.717, 1.165) is 6.26 Å². The maximum absolute atomic E-state index is 8.31. The van der Waals surface area contributed by atoms with Gasteiger partial charge in [0.2, 0.25) is 0 Å². The Bertz CT molecular complexity index is 111. The van der Waals surface area contributed by atoms with Gasteiger partial charge in [-0.1, -0.05) is 13.2 Å². The fourth-order valence-corrected chi connectivity index (χ4v) is 0.193. The molecule has 64 valence electrons. The third kappa shape index (κ3) is 28.2. The second kappa shape index (κ2) is 11.6. The van der Waals surface area contributed by atoms with Gasteiger partial charge < -0.3 is 14.9 Å². The molecule has 0 heterocycles. The van der Waals surface area contributed by atoms with E-state index in [4.69, 9.17) is 10.2 Å². The van der Waals surface area contributed by atoms with Crippen LogP contribution in [0.2, 0.25) is 0 Å². The highest BCUT2D eigenvalue weighted by atomic mass is 16.5. The summed E-state index contributed by atoms with van der Waals surface area (Å²) >= 11 is 0. The van der Waals surface area contributed by atoms with Gasteiger partial charge >= 0.3 is 0 Å². The monoisotopic (exact) mass is 158 g/mol. The predicted octanol–water partition coefficient (Wildman–Crippen LogP) is 1.73. The fraction of sp³-hybridized carbons (Fsp3) is 0.250. The quantitative estimate of drug-likeness (QED) is 0.615. The van der Waals surface area contributed by atoms with Gasteiger partial charge in [-0.2, -0.15) is 0 Å². The molecule has 0 fully saturated rings. The molecule has 2 N–H and O–H groups in total. The Balaban J connectivity index is 0. The molecule has 0 spiro atoms. The van der Waals surface area contributed by atoms with Crippen molar-refractivity contribution in [1.82, 2.24) is 0 Å². The van der Waals surface area contributed by atoms with Gasteiger partial charge in [-0.15, -0.1) is 0 Å². The molecule has 0 aliphatic rings. The molecule has 0 aromatic rings. The number of hydrogen-bond acceptors (Lipinski definition) is 3. The summed E-state index contributed by atoms with van der Waals surface area (Å²) in [5.41, 5.74) is 0. The second-order valence-corrected chi connectivity index (χ2v) is 1.55. The smallest absolute Gasteiger partial charge is 0.0829 e. The first-order valence-electron chi connectivity index (χ1n) is 3.05. The lowest BCUT2D eigenvalue weighted by molar-refractivity contribution is 0.240. The van der Waals surface area contributed by atoms with Gasteiger partial charge in [-0.25, -0.2) is 0 Å². The zero-order valence-corrected chi connectivity index (χ0v) is 6.60. The van der Waals surface area contributed by atoms with E-state index in [1.807, 2.05) is 0 Å². The average molecular weight is 158 g/mol.